The van der Waals surface area contributed by atoms with Crippen LogP contribution in [0.5, 0.6) is 0 Å². The standard InChI is InChI=1S/C8H3ClF3NO3.Pb.2H/c9-7(14)5-2-1-4(8(10,11)12)3-6(5)13(15)16;;;/h1-3H;;;. The number of carbonyl (C=O) groups excluding carboxylic acids is 1. The fourth-order valence-corrected chi connectivity index (χ4v) is 1.19. The average Bonchev–Trinajstić information content (AvgIpc) is 2.15. The summed E-state index contributed by atoms with van der Waals surface area (Å²) in [5.41, 5.74) is -2.74. The molecule has 0 aliphatic carbocycles. The molecule has 0 aliphatic heterocycles. The first-order valence-corrected chi connectivity index (χ1v) is 4.16. The molecule has 0 aromatic heterocycles. The van der Waals surface area contributed by atoms with E-state index in [1.165, 1.54) is 0 Å². The molecule has 1 aromatic carbocycles. The minimum absolute atomic E-state index is 0. The summed E-state index contributed by atoms with van der Waals surface area (Å²) in [6.07, 6.45) is -4.71. The Kier molecular flexibility index (Phi) is 5.52. The molecule has 0 heterocycles. The van der Waals surface area contributed by atoms with E-state index in [1.807, 2.05) is 0 Å². The summed E-state index contributed by atoms with van der Waals surface area (Å²) in [5, 5.41) is 9.25. The Morgan fingerprint density at radius 3 is 2.24 bits per heavy atom. The molecular weight excluding hydrogens is 458 g/mol. The summed E-state index contributed by atoms with van der Waals surface area (Å²) in [6.45, 7) is 0. The first kappa shape index (κ1) is 16.3. The molecule has 0 bridgehead atoms. The van der Waals surface area contributed by atoms with Gasteiger partial charge >= 0.3 is 33.5 Å². The summed E-state index contributed by atoms with van der Waals surface area (Å²) in [4.78, 5) is 20.1. The molecule has 0 spiro atoms. The number of nitro groups is 1. The predicted molar refractivity (Wildman–Crippen MR) is 56.8 cm³/mol. The molecule has 0 atom stereocenters. The molecule has 0 amide bonds. The molecule has 1 rings (SSSR count). The van der Waals surface area contributed by atoms with E-state index in [0.29, 0.717) is 12.1 Å². The molecule has 2 radical (unpaired) electrons. The second-order valence-electron chi connectivity index (χ2n) is 2.76. The molecule has 0 aliphatic rings. The first-order chi connectivity index (χ1) is 7.23. The number of nitro benzene ring substituents is 1. The zero-order valence-electron chi connectivity index (χ0n) is 8.12. The molecule has 17 heavy (non-hydrogen) atoms. The summed E-state index contributed by atoms with van der Waals surface area (Å²) in [5.74, 6) is 0. The van der Waals surface area contributed by atoms with Gasteiger partial charge in [-0.1, -0.05) is 0 Å². The molecule has 4 nitrogen and oxygen atoms in total. The topological polar surface area (TPSA) is 60.2 Å². The van der Waals surface area contributed by atoms with Gasteiger partial charge in [-0.25, -0.2) is 0 Å². The molecule has 0 N–H and O–H groups in total. The van der Waals surface area contributed by atoms with E-state index in [0.717, 1.165) is 0 Å². The van der Waals surface area contributed by atoms with Crippen LogP contribution < -0.4 is 0 Å². The Bertz CT molecular complexity index is 464. The van der Waals surface area contributed by atoms with E-state index < -0.39 is 33.2 Å². The number of halogens is 4. The Hall–Kier alpha value is -0.708. The van der Waals surface area contributed by atoms with Crippen molar-refractivity contribution < 1.29 is 22.9 Å². The van der Waals surface area contributed by atoms with Crippen LogP contribution >= 0.6 is 11.6 Å². The van der Waals surface area contributed by atoms with Crippen LogP contribution in [-0.2, 0) is 6.18 Å². The predicted octanol–water partition coefficient (Wildman–Crippen LogP) is 2.08. The van der Waals surface area contributed by atoms with Gasteiger partial charge in [0.2, 0.25) is 0 Å². The van der Waals surface area contributed by atoms with Gasteiger partial charge in [0.25, 0.3) is 10.9 Å². The van der Waals surface area contributed by atoms with Gasteiger partial charge in [-0.3, -0.25) is 14.9 Å². The van der Waals surface area contributed by atoms with Crippen LogP contribution in [0.2, 0.25) is 0 Å². The molecular formula is C8H5ClF3NO3Pb. The third kappa shape index (κ3) is 3.91. The van der Waals surface area contributed by atoms with Crippen molar-refractivity contribution in [1.29, 1.82) is 0 Å². The van der Waals surface area contributed by atoms with Crippen LogP contribution in [0.15, 0.2) is 18.2 Å². The van der Waals surface area contributed by atoms with Gasteiger partial charge in [0.15, 0.2) is 0 Å². The number of hydrogen-bond donors (Lipinski definition) is 0. The monoisotopic (exact) mass is 463 g/mol. The molecule has 92 valence electrons. The number of hydrogen-bond acceptors (Lipinski definition) is 3. The maximum atomic E-state index is 12.2. The van der Waals surface area contributed by atoms with Crippen molar-refractivity contribution in [3.63, 3.8) is 0 Å². The van der Waals surface area contributed by atoms with Gasteiger partial charge in [0.1, 0.15) is 5.56 Å². The summed E-state index contributed by atoms with van der Waals surface area (Å²) in [7, 11) is 0. The zero-order chi connectivity index (χ0) is 12.5. The van der Waals surface area contributed by atoms with E-state index in [-0.39, 0.29) is 33.4 Å². The Morgan fingerprint density at radius 1 is 1.35 bits per heavy atom. The number of benzene rings is 1. The second-order valence-corrected chi connectivity index (χ2v) is 3.10. The van der Waals surface area contributed by atoms with E-state index in [2.05, 4.69) is 0 Å². The van der Waals surface area contributed by atoms with Crippen LogP contribution in [0.3, 0.4) is 0 Å². The van der Waals surface area contributed by atoms with Crippen LogP contribution in [0, 0.1) is 10.1 Å². The van der Waals surface area contributed by atoms with E-state index in [9.17, 15) is 28.1 Å². The quantitative estimate of drug-likeness (QED) is 0.293. The van der Waals surface area contributed by atoms with E-state index in [4.69, 9.17) is 11.6 Å². The van der Waals surface area contributed by atoms with Crippen molar-refractivity contribution in [2.45, 2.75) is 6.18 Å². The van der Waals surface area contributed by atoms with Gasteiger partial charge in [-0.15, -0.1) is 0 Å². The Balaban J connectivity index is 0.00000256. The van der Waals surface area contributed by atoms with E-state index >= 15 is 0 Å². The van der Waals surface area contributed by atoms with Gasteiger partial charge in [-0.2, -0.15) is 13.2 Å². The van der Waals surface area contributed by atoms with Crippen LogP contribution in [0.4, 0.5) is 18.9 Å². The maximum absolute atomic E-state index is 12.2. The van der Waals surface area contributed by atoms with Crippen LogP contribution in [0.1, 0.15) is 15.9 Å². The normalized spacial score (nSPS) is 10.6. The van der Waals surface area contributed by atoms with Crippen molar-refractivity contribution in [1.82, 2.24) is 0 Å². The van der Waals surface area contributed by atoms with Crippen molar-refractivity contribution in [3.05, 3.63) is 39.4 Å². The summed E-state index contributed by atoms with van der Waals surface area (Å²) >= 11 is 4.99. The van der Waals surface area contributed by atoms with Crippen molar-refractivity contribution >= 4 is 49.8 Å². The van der Waals surface area contributed by atoms with E-state index in [1.54, 1.807) is 0 Å². The SMILES string of the molecule is O=C(Cl)c1ccc(C(F)(F)F)cc1[N+](=O)[O-].[PbH2]. The third-order valence-corrected chi connectivity index (χ3v) is 1.94. The van der Waals surface area contributed by atoms with Gasteiger partial charge in [0, 0.05) is 6.07 Å². The number of rotatable bonds is 2. The van der Waals surface area contributed by atoms with Gasteiger partial charge < -0.3 is 0 Å². The molecule has 0 saturated heterocycles. The Morgan fingerprint density at radius 2 is 1.88 bits per heavy atom. The fourth-order valence-electron chi connectivity index (χ4n) is 1.03. The average molecular weight is 463 g/mol. The summed E-state index contributed by atoms with van der Waals surface area (Å²) in [6, 6.07) is 1.51. The van der Waals surface area contributed by atoms with Crippen molar-refractivity contribution in [2.75, 3.05) is 0 Å². The molecule has 1 aromatic rings. The molecule has 0 fully saturated rings. The van der Waals surface area contributed by atoms with Gasteiger partial charge in [-0.05, 0) is 23.7 Å². The minimum atomic E-state index is -4.71. The third-order valence-electron chi connectivity index (χ3n) is 1.73. The summed E-state index contributed by atoms with van der Waals surface area (Å²) < 4.78 is 36.7. The van der Waals surface area contributed by atoms with Crippen molar-refractivity contribution in [3.8, 4) is 0 Å². The molecule has 0 unspecified atom stereocenters. The molecule has 9 heteroatoms. The van der Waals surface area contributed by atoms with Crippen LogP contribution in [-0.4, -0.2) is 37.5 Å². The molecule has 0 saturated carbocycles. The fraction of sp³-hybridized carbons (Fsp3) is 0.125. The first-order valence-electron chi connectivity index (χ1n) is 3.79. The van der Waals surface area contributed by atoms with Crippen LogP contribution in [0.25, 0.3) is 0 Å². The number of alkyl halides is 3. The van der Waals surface area contributed by atoms with Gasteiger partial charge in [0.05, 0.1) is 10.5 Å². The number of carbonyl (C=O) groups is 1. The second kappa shape index (κ2) is 5.76. The number of nitrogens with zero attached hydrogens (tertiary/aromatic N) is 1. The Labute approximate surface area is 118 Å². The van der Waals surface area contributed by atoms with Crippen molar-refractivity contribution in [2.24, 2.45) is 0 Å². The zero-order valence-corrected chi connectivity index (χ0v) is 14.4.